The third-order valence-corrected chi connectivity index (χ3v) is 4.83. The summed E-state index contributed by atoms with van der Waals surface area (Å²) < 4.78 is 0. The normalized spacial score (nSPS) is 20.3. The van der Waals surface area contributed by atoms with Gasteiger partial charge in [-0.05, 0) is 27.7 Å². The molecule has 1 heterocycles. The Kier molecular flexibility index (Phi) is 6.45. The predicted molar refractivity (Wildman–Crippen MR) is 97.1 cm³/mol. The van der Waals surface area contributed by atoms with Crippen LogP contribution in [0.2, 0.25) is 0 Å². The van der Waals surface area contributed by atoms with E-state index in [1.165, 1.54) is 0 Å². The van der Waals surface area contributed by atoms with Gasteiger partial charge in [0.2, 0.25) is 11.8 Å². The Bertz CT molecular complexity index is 737. The average Bonchev–Trinajstić information content (AvgIpc) is 2.44. The van der Waals surface area contributed by atoms with Crippen molar-refractivity contribution < 1.29 is 14.4 Å². The molecule has 2 atom stereocenters. The number of allylic oxidation sites excluding steroid dienone is 1. The highest BCUT2D eigenvalue weighted by molar-refractivity contribution is 8.04. The lowest BCUT2D eigenvalue weighted by Crippen LogP contribution is -2.50. The Labute approximate surface area is 157 Å². The van der Waals surface area contributed by atoms with Crippen molar-refractivity contribution in [3.05, 3.63) is 10.6 Å². The zero-order valence-corrected chi connectivity index (χ0v) is 16.5. The molecular formula is C17H23N5O3S. The smallest absolute Gasteiger partial charge is 0.321 e. The second-order valence-corrected chi connectivity index (χ2v) is 8.89. The Hall–Kier alpha value is -2.52. The van der Waals surface area contributed by atoms with E-state index in [0.29, 0.717) is 0 Å². The number of nitrogens with zero attached hydrogens (tertiary/aromatic N) is 2. The lowest BCUT2D eigenvalue weighted by Gasteiger charge is -2.35. The average molecular weight is 377 g/mol. The number of hydrogen-bond donors (Lipinski definition) is 3. The van der Waals surface area contributed by atoms with Gasteiger partial charge in [0.05, 0.1) is 28.0 Å². The second kappa shape index (κ2) is 7.79. The molecule has 1 aliphatic heterocycles. The highest BCUT2D eigenvalue weighted by Gasteiger charge is 2.45. The number of thioether (sulfide) groups is 1. The summed E-state index contributed by atoms with van der Waals surface area (Å²) >= 11 is 0.964. The number of nitrogens with one attached hydrogen (secondary N) is 3. The third-order valence-electron chi connectivity index (χ3n) is 3.72. The van der Waals surface area contributed by atoms with Gasteiger partial charge in [-0.1, -0.05) is 25.6 Å². The molecule has 9 heteroatoms. The maximum atomic E-state index is 12.2. The maximum absolute atomic E-state index is 12.2. The summed E-state index contributed by atoms with van der Waals surface area (Å²) in [6, 6.07) is 3.32. The van der Waals surface area contributed by atoms with Crippen molar-refractivity contribution >= 4 is 29.6 Å². The van der Waals surface area contributed by atoms with Crippen molar-refractivity contribution in [2.75, 3.05) is 0 Å². The summed E-state index contributed by atoms with van der Waals surface area (Å²) in [5, 5.41) is 25.5. The van der Waals surface area contributed by atoms with Crippen molar-refractivity contribution in [3.63, 3.8) is 0 Å². The van der Waals surface area contributed by atoms with Crippen LogP contribution in [0.25, 0.3) is 0 Å². The topological polar surface area (TPSA) is 135 Å². The van der Waals surface area contributed by atoms with Crippen LogP contribution >= 0.6 is 11.8 Å². The fourth-order valence-electron chi connectivity index (χ4n) is 2.33. The van der Waals surface area contributed by atoms with Crippen LogP contribution in [0.15, 0.2) is 10.6 Å². The van der Waals surface area contributed by atoms with Crippen LogP contribution in [0.1, 0.15) is 41.5 Å². The summed E-state index contributed by atoms with van der Waals surface area (Å²) in [5.41, 5.74) is -1.24. The summed E-state index contributed by atoms with van der Waals surface area (Å²) in [7, 11) is 0. The van der Waals surface area contributed by atoms with Gasteiger partial charge in [-0.3, -0.25) is 14.9 Å². The Morgan fingerprint density at radius 3 is 2.35 bits per heavy atom. The molecule has 0 aliphatic carbocycles. The molecule has 1 aliphatic rings. The number of carbonyl (C=O) groups is 3. The summed E-state index contributed by atoms with van der Waals surface area (Å²) in [6.45, 7) is 10.2. The molecule has 0 aromatic rings. The minimum Gasteiger partial charge on any atom is -0.333 e. The monoisotopic (exact) mass is 377 g/mol. The molecule has 0 radical (unpaired) electrons. The molecular weight excluding hydrogens is 354 g/mol. The zero-order chi connectivity index (χ0) is 20.3. The van der Waals surface area contributed by atoms with E-state index in [4.69, 9.17) is 0 Å². The first-order valence-corrected chi connectivity index (χ1v) is 8.86. The van der Waals surface area contributed by atoms with Gasteiger partial charge in [0.1, 0.15) is 5.92 Å². The van der Waals surface area contributed by atoms with E-state index in [9.17, 15) is 24.9 Å². The number of carbonyl (C=O) groups excluding carboxylic acids is 3. The van der Waals surface area contributed by atoms with Crippen LogP contribution in [-0.4, -0.2) is 28.6 Å². The third kappa shape index (κ3) is 4.99. The highest BCUT2D eigenvalue weighted by atomic mass is 32.2. The van der Waals surface area contributed by atoms with Crippen LogP contribution in [0, 0.1) is 34.0 Å². The number of amides is 4. The van der Waals surface area contributed by atoms with E-state index < -0.39 is 40.0 Å². The van der Waals surface area contributed by atoms with Crippen molar-refractivity contribution in [3.8, 4) is 12.1 Å². The molecule has 0 saturated carbocycles. The second-order valence-electron chi connectivity index (χ2n) is 7.54. The van der Waals surface area contributed by atoms with E-state index >= 15 is 0 Å². The first-order chi connectivity index (χ1) is 11.8. The first-order valence-electron chi connectivity index (χ1n) is 7.98. The molecule has 0 unspecified atom stereocenters. The largest absolute Gasteiger partial charge is 0.333 e. The quantitative estimate of drug-likeness (QED) is 0.686. The maximum Gasteiger partial charge on any atom is 0.321 e. The summed E-state index contributed by atoms with van der Waals surface area (Å²) in [4.78, 5) is 36.2. The van der Waals surface area contributed by atoms with Crippen LogP contribution in [-0.2, 0) is 9.59 Å². The number of imide groups is 1. The van der Waals surface area contributed by atoms with Crippen molar-refractivity contribution in [2.45, 2.75) is 52.3 Å². The first kappa shape index (κ1) is 21.5. The van der Waals surface area contributed by atoms with Crippen LogP contribution in [0.4, 0.5) is 4.79 Å². The Balaban J connectivity index is 2.96. The molecule has 140 valence electrons. The molecule has 0 saturated heterocycles. The van der Waals surface area contributed by atoms with Gasteiger partial charge in [0.25, 0.3) is 0 Å². The van der Waals surface area contributed by atoms with Gasteiger partial charge in [0, 0.05) is 11.0 Å². The van der Waals surface area contributed by atoms with E-state index in [-0.39, 0.29) is 10.6 Å². The van der Waals surface area contributed by atoms with E-state index in [2.05, 4.69) is 16.0 Å². The summed E-state index contributed by atoms with van der Waals surface area (Å²) in [5.74, 6) is -2.07. The fourth-order valence-corrected chi connectivity index (χ4v) is 3.44. The number of urea groups is 1. The van der Waals surface area contributed by atoms with Crippen molar-refractivity contribution in [1.29, 1.82) is 10.5 Å². The Morgan fingerprint density at radius 1 is 1.31 bits per heavy atom. The van der Waals surface area contributed by atoms with E-state index in [0.717, 1.165) is 11.8 Å². The lowest BCUT2D eigenvalue weighted by atomic mass is 9.72. The molecule has 3 N–H and O–H groups in total. The van der Waals surface area contributed by atoms with Gasteiger partial charge < -0.3 is 10.6 Å². The van der Waals surface area contributed by atoms with Gasteiger partial charge in [-0.25, -0.2) is 4.79 Å². The molecule has 8 nitrogen and oxygen atoms in total. The van der Waals surface area contributed by atoms with Crippen LogP contribution < -0.4 is 16.0 Å². The molecule has 4 amide bonds. The Morgan fingerprint density at radius 2 is 1.88 bits per heavy atom. The molecule has 26 heavy (non-hydrogen) atoms. The SMILES string of the molecule is C[C@H](SC1=C(C#N)C(C)(C)[C@H](C#N)C(=O)N1)C(=O)NC(=O)NC(C)(C)C. The van der Waals surface area contributed by atoms with Gasteiger partial charge in [-0.2, -0.15) is 10.5 Å². The standard InChI is InChI=1S/C17H23N5O3S/c1-9(12(23)21-15(25)22-16(2,3)4)26-14-11(8-19)17(5,6)10(7-18)13(24)20-14/h9-10H,1-6H3,(H,20,24)(H2,21,22,23,25)/t9-,10+/m0/s1. The number of hydrogen-bond acceptors (Lipinski definition) is 6. The molecule has 0 aromatic heterocycles. The van der Waals surface area contributed by atoms with E-state index in [1.807, 2.05) is 12.1 Å². The minimum absolute atomic E-state index is 0.229. The fraction of sp³-hybridized carbons (Fsp3) is 0.588. The van der Waals surface area contributed by atoms with Gasteiger partial charge in [0.15, 0.2) is 0 Å². The molecule has 0 fully saturated rings. The molecule has 0 spiro atoms. The van der Waals surface area contributed by atoms with Crippen LogP contribution in [0.3, 0.4) is 0 Å². The molecule has 0 aromatic carbocycles. The summed E-state index contributed by atoms with van der Waals surface area (Å²) in [6.07, 6.45) is 0. The van der Waals surface area contributed by atoms with Crippen molar-refractivity contribution in [1.82, 2.24) is 16.0 Å². The molecule has 1 rings (SSSR count). The number of rotatable bonds is 3. The van der Waals surface area contributed by atoms with Crippen molar-refractivity contribution in [2.24, 2.45) is 11.3 Å². The predicted octanol–water partition coefficient (Wildman–Crippen LogP) is 1.76. The van der Waals surface area contributed by atoms with E-state index in [1.54, 1.807) is 41.5 Å². The zero-order valence-electron chi connectivity index (χ0n) is 15.7. The lowest BCUT2D eigenvalue weighted by molar-refractivity contribution is -0.125. The van der Waals surface area contributed by atoms with Crippen LogP contribution in [0.5, 0.6) is 0 Å². The minimum atomic E-state index is -0.997. The van der Waals surface area contributed by atoms with Gasteiger partial charge in [-0.15, -0.1) is 0 Å². The number of nitriles is 2. The highest BCUT2D eigenvalue weighted by Crippen LogP contribution is 2.42. The molecule has 0 bridgehead atoms. The van der Waals surface area contributed by atoms with Gasteiger partial charge >= 0.3 is 6.03 Å².